The van der Waals surface area contributed by atoms with Crippen LogP contribution in [0.4, 0.5) is 11.8 Å². The number of hydrogen-bond donors (Lipinski definition) is 2. The van der Waals surface area contributed by atoms with Crippen molar-refractivity contribution in [2.75, 3.05) is 24.1 Å². The molecule has 0 saturated carbocycles. The minimum absolute atomic E-state index is 0.0886. The molecule has 24 heavy (non-hydrogen) atoms. The topological polar surface area (TPSA) is 101 Å². The number of rotatable bonds is 7. The van der Waals surface area contributed by atoms with Crippen LogP contribution in [0.5, 0.6) is 0 Å². The second-order valence-corrected chi connectivity index (χ2v) is 7.35. The Labute approximate surface area is 146 Å². The van der Waals surface area contributed by atoms with Gasteiger partial charge in [0.05, 0.1) is 4.90 Å². The van der Waals surface area contributed by atoms with E-state index in [4.69, 9.17) is 17.3 Å². The van der Waals surface area contributed by atoms with Crippen LogP contribution in [0, 0.1) is 0 Å². The van der Waals surface area contributed by atoms with Crippen LogP contribution < -0.4 is 11.1 Å². The molecule has 130 valence electrons. The highest BCUT2D eigenvalue weighted by molar-refractivity contribution is 7.89. The number of anilines is 2. The molecule has 0 radical (unpaired) electrons. The predicted molar refractivity (Wildman–Crippen MR) is 95.3 cm³/mol. The summed E-state index contributed by atoms with van der Waals surface area (Å²) in [6.45, 7) is 4.98. The number of nitrogen functional groups attached to an aromatic ring is 1. The summed E-state index contributed by atoms with van der Waals surface area (Å²) in [5, 5.41) is 3.33. The average Bonchev–Trinajstić information content (AvgIpc) is 2.53. The van der Waals surface area contributed by atoms with Gasteiger partial charge in [0, 0.05) is 25.7 Å². The number of nitrogens with zero attached hydrogens (tertiary/aromatic N) is 3. The molecule has 0 fully saturated rings. The molecule has 3 N–H and O–H groups in total. The molecule has 7 nitrogen and oxygen atoms in total. The molecule has 2 aromatic rings. The Morgan fingerprint density at radius 2 is 1.79 bits per heavy atom. The van der Waals surface area contributed by atoms with Gasteiger partial charge < -0.3 is 11.1 Å². The fourth-order valence-corrected chi connectivity index (χ4v) is 3.86. The van der Waals surface area contributed by atoms with Gasteiger partial charge in [0.2, 0.25) is 16.0 Å². The highest BCUT2D eigenvalue weighted by atomic mass is 35.5. The van der Waals surface area contributed by atoms with E-state index in [0.717, 1.165) is 5.56 Å². The molecule has 9 heteroatoms. The van der Waals surface area contributed by atoms with Crippen LogP contribution in [0.15, 0.2) is 35.2 Å². The third-order valence-corrected chi connectivity index (χ3v) is 5.71. The van der Waals surface area contributed by atoms with E-state index >= 15 is 0 Å². The SMILES string of the molecule is CCN(CC)S(=O)(=O)c1ccc(CNc2cc(Cl)nc(N)n2)cc1. The zero-order valence-corrected chi connectivity index (χ0v) is 15.1. The molecule has 0 atom stereocenters. The van der Waals surface area contributed by atoms with Crippen molar-refractivity contribution in [1.29, 1.82) is 0 Å². The van der Waals surface area contributed by atoms with E-state index in [1.165, 1.54) is 4.31 Å². The monoisotopic (exact) mass is 369 g/mol. The van der Waals surface area contributed by atoms with E-state index in [9.17, 15) is 8.42 Å². The summed E-state index contributed by atoms with van der Waals surface area (Å²) in [6.07, 6.45) is 0. The van der Waals surface area contributed by atoms with Crippen molar-refractivity contribution in [2.45, 2.75) is 25.3 Å². The third-order valence-electron chi connectivity index (χ3n) is 3.45. The quantitative estimate of drug-likeness (QED) is 0.726. The van der Waals surface area contributed by atoms with E-state index in [-0.39, 0.29) is 16.0 Å². The Morgan fingerprint density at radius 3 is 2.33 bits per heavy atom. The van der Waals surface area contributed by atoms with Crippen molar-refractivity contribution in [3.63, 3.8) is 0 Å². The Balaban J connectivity index is 2.09. The van der Waals surface area contributed by atoms with Gasteiger partial charge in [-0.3, -0.25) is 0 Å². The lowest BCUT2D eigenvalue weighted by Crippen LogP contribution is -2.30. The molecule has 1 aromatic carbocycles. The molecule has 0 unspecified atom stereocenters. The van der Waals surface area contributed by atoms with Crippen LogP contribution in [0.2, 0.25) is 5.15 Å². The Morgan fingerprint density at radius 1 is 1.17 bits per heavy atom. The molecular weight excluding hydrogens is 350 g/mol. The number of aromatic nitrogens is 2. The number of nitrogens with two attached hydrogens (primary N) is 1. The van der Waals surface area contributed by atoms with Gasteiger partial charge in [-0.15, -0.1) is 0 Å². The van der Waals surface area contributed by atoms with Gasteiger partial charge >= 0.3 is 0 Å². The van der Waals surface area contributed by atoms with Crippen LogP contribution in [-0.2, 0) is 16.6 Å². The Bertz CT molecular complexity index is 772. The van der Waals surface area contributed by atoms with E-state index in [0.29, 0.717) is 25.5 Å². The largest absolute Gasteiger partial charge is 0.368 e. The second-order valence-electron chi connectivity index (χ2n) is 5.02. The van der Waals surface area contributed by atoms with Gasteiger partial charge in [-0.1, -0.05) is 37.6 Å². The summed E-state index contributed by atoms with van der Waals surface area (Å²) >= 11 is 5.82. The lowest BCUT2D eigenvalue weighted by molar-refractivity contribution is 0.445. The zero-order chi connectivity index (χ0) is 17.7. The normalized spacial score (nSPS) is 11.7. The van der Waals surface area contributed by atoms with Gasteiger partial charge in [0.25, 0.3) is 0 Å². The summed E-state index contributed by atoms with van der Waals surface area (Å²) in [5.74, 6) is 0.595. The van der Waals surface area contributed by atoms with Crippen molar-refractivity contribution in [2.24, 2.45) is 0 Å². The first-order valence-electron chi connectivity index (χ1n) is 7.49. The minimum Gasteiger partial charge on any atom is -0.368 e. The number of hydrogen-bond acceptors (Lipinski definition) is 6. The van der Waals surface area contributed by atoms with Crippen molar-refractivity contribution in [3.8, 4) is 0 Å². The van der Waals surface area contributed by atoms with E-state index < -0.39 is 10.0 Å². The van der Waals surface area contributed by atoms with Gasteiger partial charge in [-0.2, -0.15) is 9.29 Å². The molecule has 2 rings (SSSR count). The molecule has 0 aliphatic rings. The lowest BCUT2D eigenvalue weighted by Gasteiger charge is -2.18. The van der Waals surface area contributed by atoms with Gasteiger partial charge in [0.1, 0.15) is 11.0 Å². The molecular formula is C15H20ClN5O2S. The first kappa shape index (κ1) is 18.4. The van der Waals surface area contributed by atoms with Gasteiger partial charge in [-0.25, -0.2) is 13.4 Å². The molecule has 0 aliphatic heterocycles. The summed E-state index contributed by atoms with van der Waals surface area (Å²) < 4.78 is 26.3. The summed E-state index contributed by atoms with van der Waals surface area (Å²) in [7, 11) is -3.44. The van der Waals surface area contributed by atoms with Crippen molar-refractivity contribution < 1.29 is 8.42 Å². The van der Waals surface area contributed by atoms with Crippen molar-refractivity contribution in [1.82, 2.24) is 14.3 Å². The number of nitrogens with one attached hydrogen (secondary N) is 1. The standard InChI is InChI=1S/C15H20ClN5O2S/c1-3-21(4-2)24(22,23)12-7-5-11(6-8-12)10-18-14-9-13(16)19-15(17)20-14/h5-9H,3-4,10H2,1-2H3,(H3,17,18,19,20). The minimum atomic E-state index is -3.44. The maximum Gasteiger partial charge on any atom is 0.243 e. The summed E-state index contributed by atoms with van der Waals surface area (Å²) in [6, 6.07) is 8.29. The van der Waals surface area contributed by atoms with Gasteiger partial charge in [-0.05, 0) is 17.7 Å². The molecule has 0 aliphatic carbocycles. The zero-order valence-electron chi connectivity index (χ0n) is 13.5. The van der Waals surface area contributed by atoms with E-state index in [2.05, 4.69) is 15.3 Å². The molecule has 0 saturated heterocycles. The maximum absolute atomic E-state index is 12.4. The second kappa shape index (κ2) is 7.78. The fourth-order valence-electron chi connectivity index (χ4n) is 2.21. The van der Waals surface area contributed by atoms with Crippen molar-refractivity contribution in [3.05, 3.63) is 41.0 Å². The molecule has 1 aromatic heterocycles. The van der Waals surface area contributed by atoms with Crippen LogP contribution in [-0.4, -0.2) is 35.8 Å². The van der Waals surface area contributed by atoms with Crippen molar-refractivity contribution >= 4 is 33.4 Å². The van der Waals surface area contributed by atoms with Crippen LogP contribution >= 0.6 is 11.6 Å². The highest BCUT2D eigenvalue weighted by Gasteiger charge is 2.21. The predicted octanol–water partition coefficient (Wildman–Crippen LogP) is 2.35. The number of sulfonamides is 1. The Hall–Kier alpha value is -1.90. The summed E-state index contributed by atoms with van der Waals surface area (Å²) in [4.78, 5) is 8.08. The maximum atomic E-state index is 12.4. The summed E-state index contributed by atoms with van der Waals surface area (Å²) in [5.41, 5.74) is 6.44. The smallest absolute Gasteiger partial charge is 0.243 e. The van der Waals surface area contributed by atoms with Gasteiger partial charge in [0.15, 0.2) is 0 Å². The lowest BCUT2D eigenvalue weighted by atomic mass is 10.2. The highest BCUT2D eigenvalue weighted by Crippen LogP contribution is 2.17. The van der Waals surface area contributed by atoms with Crippen LogP contribution in [0.25, 0.3) is 0 Å². The average molecular weight is 370 g/mol. The van der Waals surface area contributed by atoms with E-state index in [1.54, 1.807) is 30.3 Å². The first-order valence-corrected chi connectivity index (χ1v) is 9.31. The number of halogens is 1. The Kier molecular flexibility index (Phi) is 5.98. The molecule has 0 amide bonds. The van der Waals surface area contributed by atoms with Crippen LogP contribution in [0.3, 0.4) is 0 Å². The first-order chi connectivity index (χ1) is 11.4. The third kappa shape index (κ3) is 4.34. The molecule has 0 bridgehead atoms. The molecule has 0 spiro atoms. The van der Waals surface area contributed by atoms with Crippen LogP contribution in [0.1, 0.15) is 19.4 Å². The molecule has 1 heterocycles. The number of benzene rings is 1. The fraction of sp³-hybridized carbons (Fsp3) is 0.333. The van der Waals surface area contributed by atoms with E-state index in [1.807, 2.05) is 13.8 Å².